The van der Waals surface area contributed by atoms with Crippen molar-refractivity contribution in [2.75, 3.05) is 6.54 Å². The Kier molecular flexibility index (Phi) is 9.38. The van der Waals surface area contributed by atoms with Gasteiger partial charge in [0.15, 0.2) is 11.8 Å². The van der Waals surface area contributed by atoms with E-state index in [2.05, 4.69) is 32.7 Å². The SMILES string of the molecule is CCNC(=NCc1ccc(Cl)cc1Cl)NCc1nncn1CC.I. The van der Waals surface area contributed by atoms with Gasteiger partial charge in [-0.25, -0.2) is 4.99 Å². The van der Waals surface area contributed by atoms with Crippen molar-refractivity contribution < 1.29 is 0 Å². The minimum atomic E-state index is 0. The van der Waals surface area contributed by atoms with Crippen LogP contribution in [0.3, 0.4) is 0 Å². The summed E-state index contributed by atoms with van der Waals surface area (Å²) in [6.07, 6.45) is 1.72. The first-order chi connectivity index (χ1) is 11.1. The highest BCUT2D eigenvalue weighted by molar-refractivity contribution is 14.0. The molecule has 6 nitrogen and oxygen atoms in total. The van der Waals surface area contributed by atoms with E-state index < -0.39 is 0 Å². The summed E-state index contributed by atoms with van der Waals surface area (Å²) in [6.45, 7) is 6.67. The second kappa shape index (κ2) is 10.7. The van der Waals surface area contributed by atoms with Gasteiger partial charge in [-0.15, -0.1) is 34.2 Å². The number of nitrogens with one attached hydrogen (secondary N) is 2. The molecule has 132 valence electrons. The molecule has 0 radical (unpaired) electrons. The Morgan fingerprint density at radius 1 is 1.25 bits per heavy atom. The van der Waals surface area contributed by atoms with E-state index in [4.69, 9.17) is 23.2 Å². The smallest absolute Gasteiger partial charge is 0.191 e. The Hall–Kier alpha value is -1.06. The monoisotopic (exact) mass is 482 g/mol. The molecule has 0 saturated heterocycles. The average Bonchev–Trinajstić information content (AvgIpc) is 2.99. The maximum absolute atomic E-state index is 6.17. The van der Waals surface area contributed by atoms with Crippen molar-refractivity contribution in [1.29, 1.82) is 0 Å². The molecule has 0 bridgehead atoms. The van der Waals surface area contributed by atoms with Crippen molar-refractivity contribution in [3.63, 3.8) is 0 Å². The van der Waals surface area contributed by atoms with Crippen LogP contribution in [0.15, 0.2) is 29.5 Å². The minimum Gasteiger partial charge on any atom is -0.357 e. The zero-order chi connectivity index (χ0) is 16.7. The Morgan fingerprint density at radius 2 is 2.04 bits per heavy atom. The number of halogens is 3. The zero-order valence-electron chi connectivity index (χ0n) is 13.6. The van der Waals surface area contributed by atoms with Crippen molar-refractivity contribution in [3.05, 3.63) is 46.0 Å². The summed E-state index contributed by atoms with van der Waals surface area (Å²) in [4.78, 5) is 4.54. The number of hydrogen-bond donors (Lipinski definition) is 2. The molecular formula is C15H21Cl2IN6. The predicted molar refractivity (Wildman–Crippen MR) is 109 cm³/mol. The topological polar surface area (TPSA) is 67.1 Å². The summed E-state index contributed by atoms with van der Waals surface area (Å²) in [6, 6.07) is 5.41. The lowest BCUT2D eigenvalue weighted by Gasteiger charge is -2.11. The van der Waals surface area contributed by atoms with E-state index in [0.717, 1.165) is 24.5 Å². The number of guanidine groups is 1. The van der Waals surface area contributed by atoms with Crippen molar-refractivity contribution in [3.8, 4) is 0 Å². The molecule has 0 unspecified atom stereocenters. The van der Waals surface area contributed by atoms with Gasteiger partial charge in [-0.1, -0.05) is 29.3 Å². The summed E-state index contributed by atoms with van der Waals surface area (Å²) < 4.78 is 1.98. The van der Waals surface area contributed by atoms with Crippen LogP contribution in [0.1, 0.15) is 25.2 Å². The Labute approximate surface area is 169 Å². The Morgan fingerprint density at radius 3 is 2.71 bits per heavy atom. The van der Waals surface area contributed by atoms with E-state index in [9.17, 15) is 0 Å². The maximum Gasteiger partial charge on any atom is 0.191 e. The van der Waals surface area contributed by atoms with Crippen LogP contribution in [0.2, 0.25) is 10.0 Å². The molecule has 24 heavy (non-hydrogen) atoms. The fraction of sp³-hybridized carbons (Fsp3) is 0.400. The lowest BCUT2D eigenvalue weighted by atomic mass is 10.2. The van der Waals surface area contributed by atoms with Crippen molar-refractivity contribution in [2.45, 2.75) is 33.5 Å². The normalized spacial score (nSPS) is 11.1. The predicted octanol–water partition coefficient (Wildman–Crippen LogP) is 3.48. The number of aromatic nitrogens is 3. The highest BCUT2D eigenvalue weighted by atomic mass is 127. The largest absolute Gasteiger partial charge is 0.357 e. The minimum absolute atomic E-state index is 0. The second-order valence-electron chi connectivity index (χ2n) is 4.82. The Bertz CT molecular complexity index is 674. The first-order valence-corrected chi connectivity index (χ1v) is 8.22. The molecular weight excluding hydrogens is 462 g/mol. The van der Waals surface area contributed by atoms with Crippen LogP contribution in [0.25, 0.3) is 0 Å². The van der Waals surface area contributed by atoms with E-state index >= 15 is 0 Å². The van der Waals surface area contributed by atoms with Crippen LogP contribution in [0.4, 0.5) is 0 Å². The third-order valence-electron chi connectivity index (χ3n) is 3.22. The fourth-order valence-corrected chi connectivity index (χ4v) is 2.47. The molecule has 0 aliphatic rings. The maximum atomic E-state index is 6.17. The number of nitrogens with zero attached hydrogens (tertiary/aromatic N) is 4. The molecule has 2 rings (SSSR count). The molecule has 0 aliphatic heterocycles. The third-order valence-corrected chi connectivity index (χ3v) is 3.80. The quantitative estimate of drug-likeness (QED) is 0.376. The van der Waals surface area contributed by atoms with Gasteiger partial charge < -0.3 is 15.2 Å². The first kappa shape index (κ1) is 21.0. The van der Waals surface area contributed by atoms with Gasteiger partial charge in [0, 0.05) is 23.1 Å². The third kappa shape index (κ3) is 6.10. The highest BCUT2D eigenvalue weighted by Crippen LogP contribution is 2.21. The van der Waals surface area contributed by atoms with E-state index in [-0.39, 0.29) is 24.0 Å². The summed E-state index contributed by atoms with van der Waals surface area (Å²) >= 11 is 12.1. The number of aryl methyl sites for hydroxylation is 1. The number of benzene rings is 1. The van der Waals surface area contributed by atoms with E-state index in [0.29, 0.717) is 29.1 Å². The summed E-state index contributed by atoms with van der Waals surface area (Å²) in [7, 11) is 0. The Balaban J connectivity index is 0.00000288. The number of hydrogen-bond acceptors (Lipinski definition) is 3. The van der Waals surface area contributed by atoms with Gasteiger partial charge in [0.25, 0.3) is 0 Å². The second-order valence-corrected chi connectivity index (χ2v) is 5.66. The molecule has 0 aliphatic carbocycles. The van der Waals surface area contributed by atoms with Crippen molar-refractivity contribution in [2.24, 2.45) is 4.99 Å². The standard InChI is InChI=1S/C15H20Cl2N6.HI/c1-3-18-15(20-9-14-22-21-10-23(14)4-2)19-8-11-5-6-12(16)7-13(11)17;/h5-7,10H,3-4,8-9H2,1-2H3,(H2,18,19,20);1H. The van der Waals surface area contributed by atoms with E-state index in [1.807, 2.05) is 23.6 Å². The molecule has 0 fully saturated rings. The van der Waals surface area contributed by atoms with Gasteiger partial charge in [0.2, 0.25) is 0 Å². The molecule has 0 atom stereocenters. The van der Waals surface area contributed by atoms with Gasteiger partial charge in [-0.2, -0.15) is 0 Å². The van der Waals surface area contributed by atoms with Crippen LogP contribution >= 0.6 is 47.2 Å². The average molecular weight is 483 g/mol. The molecule has 1 heterocycles. The first-order valence-electron chi connectivity index (χ1n) is 7.46. The van der Waals surface area contributed by atoms with Gasteiger partial charge in [0.05, 0.1) is 13.1 Å². The van der Waals surface area contributed by atoms with Crippen molar-refractivity contribution >= 4 is 53.1 Å². The molecule has 2 N–H and O–H groups in total. The molecule has 9 heteroatoms. The molecule has 2 aromatic rings. The van der Waals surface area contributed by atoms with Crippen LogP contribution in [-0.4, -0.2) is 27.3 Å². The van der Waals surface area contributed by atoms with Gasteiger partial charge in [0.1, 0.15) is 6.33 Å². The highest BCUT2D eigenvalue weighted by Gasteiger charge is 2.05. The van der Waals surface area contributed by atoms with Crippen LogP contribution in [0, 0.1) is 0 Å². The van der Waals surface area contributed by atoms with Gasteiger partial charge in [-0.3, -0.25) is 0 Å². The van der Waals surface area contributed by atoms with Crippen molar-refractivity contribution in [1.82, 2.24) is 25.4 Å². The van der Waals surface area contributed by atoms with E-state index in [1.54, 1.807) is 12.4 Å². The lowest BCUT2D eigenvalue weighted by molar-refractivity contribution is 0.670. The lowest BCUT2D eigenvalue weighted by Crippen LogP contribution is -2.37. The molecule has 0 amide bonds. The van der Waals surface area contributed by atoms with Gasteiger partial charge in [-0.05, 0) is 31.5 Å². The van der Waals surface area contributed by atoms with Gasteiger partial charge >= 0.3 is 0 Å². The van der Waals surface area contributed by atoms with Crippen LogP contribution < -0.4 is 10.6 Å². The van der Waals surface area contributed by atoms with E-state index in [1.165, 1.54) is 0 Å². The number of aliphatic imine (C=N–C) groups is 1. The fourth-order valence-electron chi connectivity index (χ4n) is 2.00. The molecule has 1 aromatic carbocycles. The van der Waals surface area contributed by atoms with Crippen LogP contribution in [0.5, 0.6) is 0 Å². The molecule has 0 spiro atoms. The zero-order valence-corrected chi connectivity index (χ0v) is 17.4. The summed E-state index contributed by atoms with van der Waals surface area (Å²) in [5, 5.41) is 15.7. The summed E-state index contributed by atoms with van der Waals surface area (Å²) in [5.74, 6) is 1.56. The molecule has 0 saturated carbocycles. The summed E-state index contributed by atoms with van der Waals surface area (Å²) in [5.41, 5.74) is 0.921. The number of rotatable bonds is 6. The van der Waals surface area contributed by atoms with Crippen LogP contribution in [-0.2, 0) is 19.6 Å². The molecule has 1 aromatic heterocycles.